The van der Waals surface area contributed by atoms with E-state index in [0.29, 0.717) is 0 Å². The lowest BCUT2D eigenvalue weighted by Gasteiger charge is -2.18. The van der Waals surface area contributed by atoms with E-state index in [1.807, 2.05) is 0 Å². The van der Waals surface area contributed by atoms with Gasteiger partial charge in [0.25, 0.3) is 0 Å². The van der Waals surface area contributed by atoms with Crippen molar-refractivity contribution in [2.45, 2.75) is 45.7 Å². The Bertz CT molecular complexity index is 313. The molecule has 0 unspecified atom stereocenters. The summed E-state index contributed by atoms with van der Waals surface area (Å²) in [4.78, 5) is 0. The minimum atomic E-state index is -0.0374. The normalized spacial score (nSPS) is 11.8. The fourth-order valence-electron chi connectivity index (χ4n) is 1.70. The fourth-order valence-corrected chi connectivity index (χ4v) is 1.70. The maximum absolute atomic E-state index is 5.93. The summed E-state index contributed by atoms with van der Waals surface area (Å²) >= 11 is 0. The highest BCUT2D eigenvalue weighted by atomic mass is 14.8. The summed E-state index contributed by atoms with van der Waals surface area (Å²) in [6, 6.07) is 8.50. The molecule has 1 aromatic carbocycles. The first-order valence-corrected chi connectivity index (χ1v) is 6.03. The number of nitrogens with two attached hydrogens (primary N) is 1. The van der Waals surface area contributed by atoms with Crippen LogP contribution in [0.25, 0.3) is 0 Å². The Kier molecular flexibility index (Phi) is 4.97. The van der Waals surface area contributed by atoms with Crippen LogP contribution in [0.15, 0.2) is 24.3 Å². The Balaban J connectivity index is 2.19. The van der Waals surface area contributed by atoms with Gasteiger partial charge in [0.15, 0.2) is 0 Å². The zero-order valence-electron chi connectivity index (χ0n) is 10.7. The van der Waals surface area contributed by atoms with Gasteiger partial charge in [-0.2, -0.15) is 0 Å². The quantitative estimate of drug-likeness (QED) is 0.723. The van der Waals surface area contributed by atoms with Crippen LogP contribution >= 0.6 is 0 Å². The summed E-state index contributed by atoms with van der Waals surface area (Å²) < 4.78 is 0. The molecule has 0 aromatic heterocycles. The maximum atomic E-state index is 5.93. The number of nitrogens with one attached hydrogen (secondary N) is 1. The highest BCUT2D eigenvalue weighted by Crippen LogP contribution is 2.08. The van der Waals surface area contributed by atoms with Crippen molar-refractivity contribution in [3.63, 3.8) is 0 Å². The topological polar surface area (TPSA) is 38.0 Å². The maximum Gasteiger partial charge on any atom is 0.0208 e. The first-order chi connectivity index (χ1) is 7.49. The number of hydrogen-bond acceptors (Lipinski definition) is 2. The van der Waals surface area contributed by atoms with Crippen molar-refractivity contribution in [1.29, 1.82) is 0 Å². The fraction of sp³-hybridized carbons (Fsp3) is 0.571. The highest BCUT2D eigenvalue weighted by Gasteiger charge is 2.08. The van der Waals surface area contributed by atoms with Crippen LogP contribution in [0.4, 0.5) is 0 Å². The van der Waals surface area contributed by atoms with Gasteiger partial charge in [-0.1, -0.05) is 24.3 Å². The van der Waals surface area contributed by atoms with Gasteiger partial charge in [-0.25, -0.2) is 0 Å². The van der Waals surface area contributed by atoms with Crippen LogP contribution < -0.4 is 11.1 Å². The van der Waals surface area contributed by atoms with E-state index in [4.69, 9.17) is 5.73 Å². The molecule has 0 saturated heterocycles. The Morgan fingerprint density at radius 1 is 1.25 bits per heavy atom. The van der Waals surface area contributed by atoms with Crippen molar-refractivity contribution in [2.24, 2.45) is 5.73 Å². The molecular formula is C14H24N2. The third-order valence-corrected chi connectivity index (χ3v) is 2.75. The van der Waals surface area contributed by atoms with Gasteiger partial charge in [-0.15, -0.1) is 0 Å². The van der Waals surface area contributed by atoms with Crippen molar-refractivity contribution < 1.29 is 0 Å². The van der Waals surface area contributed by atoms with E-state index >= 15 is 0 Å². The lowest BCUT2D eigenvalue weighted by atomic mass is 10.0. The van der Waals surface area contributed by atoms with Gasteiger partial charge in [-0.3, -0.25) is 0 Å². The van der Waals surface area contributed by atoms with Crippen LogP contribution in [-0.4, -0.2) is 12.1 Å². The van der Waals surface area contributed by atoms with Gasteiger partial charge in [0.2, 0.25) is 0 Å². The standard InChI is InChI=1S/C14H24N2/c1-12-7-4-5-8-13(12)11-16-10-6-9-14(2,3)15/h4-5,7-8,16H,6,9-11,15H2,1-3H3. The molecule has 3 N–H and O–H groups in total. The first kappa shape index (κ1) is 13.2. The molecule has 0 heterocycles. The average molecular weight is 220 g/mol. The zero-order valence-corrected chi connectivity index (χ0v) is 10.7. The predicted molar refractivity (Wildman–Crippen MR) is 70.4 cm³/mol. The molecule has 0 radical (unpaired) electrons. The van der Waals surface area contributed by atoms with Crippen LogP contribution in [0.5, 0.6) is 0 Å². The average Bonchev–Trinajstić information content (AvgIpc) is 2.18. The van der Waals surface area contributed by atoms with Crippen LogP contribution in [0.1, 0.15) is 37.8 Å². The second-order valence-corrected chi connectivity index (χ2v) is 5.20. The van der Waals surface area contributed by atoms with Crippen LogP contribution in [0.3, 0.4) is 0 Å². The zero-order chi connectivity index (χ0) is 12.0. The molecule has 1 aromatic rings. The van der Waals surface area contributed by atoms with Crippen molar-refractivity contribution in [3.8, 4) is 0 Å². The van der Waals surface area contributed by atoms with Gasteiger partial charge in [-0.05, 0) is 51.3 Å². The van der Waals surface area contributed by atoms with Crippen LogP contribution in [0, 0.1) is 6.92 Å². The number of benzene rings is 1. The molecule has 0 bridgehead atoms. The second-order valence-electron chi connectivity index (χ2n) is 5.20. The van der Waals surface area contributed by atoms with Crippen molar-refractivity contribution in [1.82, 2.24) is 5.32 Å². The lowest BCUT2D eigenvalue weighted by molar-refractivity contribution is 0.448. The van der Waals surface area contributed by atoms with Crippen LogP contribution in [-0.2, 0) is 6.54 Å². The largest absolute Gasteiger partial charge is 0.326 e. The van der Waals surface area contributed by atoms with E-state index in [2.05, 4.69) is 50.4 Å². The Labute approximate surface area is 99.2 Å². The van der Waals surface area contributed by atoms with E-state index in [1.54, 1.807) is 0 Å². The van der Waals surface area contributed by atoms with E-state index < -0.39 is 0 Å². The smallest absolute Gasteiger partial charge is 0.0208 e. The number of rotatable bonds is 6. The summed E-state index contributed by atoms with van der Waals surface area (Å²) in [6.07, 6.45) is 2.20. The monoisotopic (exact) mass is 220 g/mol. The molecule has 0 saturated carbocycles. The van der Waals surface area contributed by atoms with E-state index in [0.717, 1.165) is 25.9 Å². The minimum absolute atomic E-state index is 0.0374. The van der Waals surface area contributed by atoms with Gasteiger partial charge in [0, 0.05) is 12.1 Å². The summed E-state index contributed by atoms with van der Waals surface area (Å²) in [7, 11) is 0. The van der Waals surface area contributed by atoms with Crippen molar-refractivity contribution in [2.75, 3.05) is 6.54 Å². The van der Waals surface area contributed by atoms with Gasteiger partial charge >= 0.3 is 0 Å². The van der Waals surface area contributed by atoms with E-state index in [-0.39, 0.29) is 5.54 Å². The van der Waals surface area contributed by atoms with Gasteiger partial charge in [0.05, 0.1) is 0 Å². The van der Waals surface area contributed by atoms with E-state index in [1.165, 1.54) is 11.1 Å². The summed E-state index contributed by atoms with van der Waals surface area (Å²) in [6.45, 7) is 8.30. The molecule has 2 heteroatoms. The third kappa shape index (κ3) is 5.29. The summed E-state index contributed by atoms with van der Waals surface area (Å²) in [5.41, 5.74) is 8.63. The Hall–Kier alpha value is -0.860. The SMILES string of the molecule is Cc1ccccc1CNCCCC(C)(C)N. The Morgan fingerprint density at radius 3 is 2.56 bits per heavy atom. The van der Waals surface area contributed by atoms with Crippen molar-refractivity contribution >= 4 is 0 Å². The molecule has 90 valence electrons. The summed E-state index contributed by atoms with van der Waals surface area (Å²) in [5, 5.41) is 3.46. The molecule has 0 atom stereocenters. The molecule has 0 aliphatic heterocycles. The molecule has 0 aliphatic carbocycles. The molecule has 0 aliphatic rings. The second kappa shape index (κ2) is 6.02. The van der Waals surface area contributed by atoms with Crippen LogP contribution in [0.2, 0.25) is 0 Å². The summed E-state index contributed by atoms with van der Waals surface area (Å²) in [5.74, 6) is 0. The lowest BCUT2D eigenvalue weighted by Crippen LogP contribution is -2.32. The third-order valence-electron chi connectivity index (χ3n) is 2.75. The minimum Gasteiger partial charge on any atom is -0.326 e. The number of aryl methyl sites for hydroxylation is 1. The van der Waals surface area contributed by atoms with Gasteiger partial charge in [0.1, 0.15) is 0 Å². The molecule has 16 heavy (non-hydrogen) atoms. The Morgan fingerprint density at radius 2 is 1.94 bits per heavy atom. The van der Waals surface area contributed by atoms with Gasteiger partial charge < -0.3 is 11.1 Å². The molecule has 0 fully saturated rings. The first-order valence-electron chi connectivity index (χ1n) is 6.03. The highest BCUT2D eigenvalue weighted by molar-refractivity contribution is 5.25. The molecule has 0 amide bonds. The van der Waals surface area contributed by atoms with E-state index in [9.17, 15) is 0 Å². The molecular weight excluding hydrogens is 196 g/mol. The molecule has 2 nitrogen and oxygen atoms in total. The molecule has 0 spiro atoms. The predicted octanol–water partition coefficient (Wildman–Crippen LogP) is 2.60. The number of hydrogen-bond donors (Lipinski definition) is 2. The van der Waals surface area contributed by atoms with Crippen molar-refractivity contribution in [3.05, 3.63) is 35.4 Å². The molecule has 1 rings (SSSR count).